The van der Waals surface area contributed by atoms with Crippen molar-refractivity contribution >= 4 is 26.0 Å². The first kappa shape index (κ1) is 16.0. The largest absolute Gasteiger partial charge is 0.240 e. The van der Waals surface area contributed by atoms with Crippen LogP contribution < -0.4 is 4.72 Å². The molecule has 112 valence electrons. The van der Waals surface area contributed by atoms with Gasteiger partial charge in [-0.1, -0.05) is 47.3 Å². The van der Waals surface area contributed by atoms with Crippen LogP contribution in [0.1, 0.15) is 44.6 Å². The number of sulfonamides is 1. The molecule has 0 radical (unpaired) electrons. The second-order valence-corrected chi connectivity index (χ2v) is 7.86. The molecular formula is C15H22BrNO2S. The Morgan fingerprint density at radius 2 is 1.80 bits per heavy atom. The van der Waals surface area contributed by atoms with Crippen LogP contribution in [0.15, 0.2) is 29.2 Å². The minimum absolute atomic E-state index is 0.0103. The summed E-state index contributed by atoms with van der Waals surface area (Å²) in [6, 6.07) is 7.04. The predicted octanol–water partition coefficient (Wildman–Crippen LogP) is 3.83. The Hall–Kier alpha value is -0.390. The van der Waals surface area contributed by atoms with Gasteiger partial charge in [-0.2, -0.15) is 0 Å². The van der Waals surface area contributed by atoms with E-state index in [-0.39, 0.29) is 6.04 Å². The molecule has 20 heavy (non-hydrogen) atoms. The van der Waals surface area contributed by atoms with Crippen molar-refractivity contribution in [1.82, 2.24) is 4.72 Å². The number of hydrogen-bond donors (Lipinski definition) is 1. The number of benzene rings is 1. The van der Waals surface area contributed by atoms with Crippen LogP contribution in [0.4, 0.5) is 0 Å². The molecule has 2 rings (SSSR count). The highest BCUT2D eigenvalue weighted by Gasteiger charge is 2.24. The van der Waals surface area contributed by atoms with Crippen molar-refractivity contribution in [2.45, 2.75) is 55.3 Å². The summed E-state index contributed by atoms with van der Waals surface area (Å²) in [5.41, 5.74) is 1.07. The van der Waals surface area contributed by atoms with Gasteiger partial charge in [0, 0.05) is 11.4 Å². The molecule has 1 aromatic rings. The molecule has 5 heteroatoms. The van der Waals surface area contributed by atoms with Gasteiger partial charge in [-0.05, 0) is 43.4 Å². The third-order valence-corrected chi connectivity index (χ3v) is 6.31. The van der Waals surface area contributed by atoms with Crippen molar-refractivity contribution in [2.24, 2.45) is 5.92 Å². The Morgan fingerprint density at radius 1 is 1.20 bits per heavy atom. The van der Waals surface area contributed by atoms with Gasteiger partial charge in [-0.3, -0.25) is 0 Å². The summed E-state index contributed by atoms with van der Waals surface area (Å²) in [5, 5.41) is 0.735. The molecule has 1 aliphatic carbocycles. The average molecular weight is 360 g/mol. The fourth-order valence-electron chi connectivity index (χ4n) is 2.80. The maximum absolute atomic E-state index is 12.4. The van der Waals surface area contributed by atoms with Gasteiger partial charge in [0.1, 0.15) is 0 Å². The van der Waals surface area contributed by atoms with Crippen LogP contribution in [0.3, 0.4) is 0 Å². The summed E-state index contributed by atoms with van der Waals surface area (Å²) in [6.45, 7) is 1.99. The second kappa shape index (κ2) is 7.05. The Labute approximate surface area is 130 Å². The van der Waals surface area contributed by atoms with Crippen molar-refractivity contribution in [3.05, 3.63) is 29.8 Å². The molecule has 3 nitrogen and oxygen atoms in total. The first-order valence-electron chi connectivity index (χ1n) is 7.20. The van der Waals surface area contributed by atoms with Crippen LogP contribution in [0.25, 0.3) is 0 Å². The lowest BCUT2D eigenvalue weighted by atomic mass is 9.85. The number of halogens is 1. The first-order chi connectivity index (χ1) is 9.53. The summed E-state index contributed by atoms with van der Waals surface area (Å²) in [5.74, 6) is 0.473. The quantitative estimate of drug-likeness (QED) is 0.812. The van der Waals surface area contributed by atoms with E-state index in [1.165, 1.54) is 19.3 Å². The fourth-order valence-corrected chi connectivity index (χ4v) is 4.49. The lowest BCUT2D eigenvalue weighted by molar-refractivity contribution is 0.303. The highest BCUT2D eigenvalue weighted by atomic mass is 79.9. The third kappa shape index (κ3) is 4.06. The number of alkyl halides is 1. The Bertz CT molecular complexity index is 521. The molecule has 0 amide bonds. The SMILES string of the molecule is CC(NS(=O)(=O)c1ccc(CBr)cc1)C1CCCCC1. The van der Waals surface area contributed by atoms with Crippen molar-refractivity contribution < 1.29 is 8.42 Å². The average Bonchev–Trinajstić information content (AvgIpc) is 2.48. The first-order valence-corrected chi connectivity index (χ1v) is 9.80. The minimum Gasteiger partial charge on any atom is -0.208 e. The van der Waals surface area contributed by atoms with Gasteiger partial charge in [0.25, 0.3) is 0 Å². The van der Waals surface area contributed by atoms with E-state index in [4.69, 9.17) is 0 Å². The fraction of sp³-hybridized carbons (Fsp3) is 0.600. The van der Waals surface area contributed by atoms with Crippen molar-refractivity contribution in [3.63, 3.8) is 0 Å². The molecule has 1 atom stereocenters. The zero-order chi connectivity index (χ0) is 14.6. The molecule has 0 aliphatic heterocycles. The molecule has 1 aromatic carbocycles. The number of hydrogen-bond acceptors (Lipinski definition) is 2. The predicted molar refractivity (Wildman–Crippen MR) is 85.4 cm³/mol. The molecular weight excluding hydrogens is 338 g/mol. The minimum atomic E-state index is -3.40. The molecule has 1 aliphatic rings. The van der Waals surface area contributed by atoms with Crippen LogP contribution >= 0.6 is 15.9 Å². The number of nitrogens with one attached hydrogen (secondary N) is 1. The van der Waals surface area contributed by atoms with Crippen LogP contribution in [0.2, 0.25) is 0 Å². The van der Waals surface area contributed by atoms with E-state index in [2.05, 4.69) is 20.7 Å². The van der Waals surface area contributed by atoms with Gasteiger partial charge in [0.05, 0.1) is 4.90 Å². The standard InChI is InChI=1S/C15H22BrNO2S/c1-12(14-5-3-2-4-6-14)17-20(18,19)15-9-7-13(11-16)8-10-15/h7-10,12,14,17H,2-6,11H2,1H3. The smallest absolute Gasteiger partial charge is 0.208 e. The van der Waals surface area contributed by atoms with E-state index in [0.717, 1.165) is 23.7 Å². The highest BCUT2D eigenvalue weighted by molar-refractivity contribution is 9.08. The van der Waals surface area contributed by atoms with Crippen LogP contribution in [-0.4, -0.2) is 14.5 Å². The molecule has 0 heterocycles. The monoisotopic (exact) mass is 359 g/mol. The molecule has 0 spiro atoms. The molecule has 1 N–H and O–H groups in total. The van der Waals surface area contributed by atoms with E-state index < -0.39 is 10.0 Å². The van der Waals surface area contributed by atoms with Gasteiger partial charge in [0.2, 0.25) is 10.0 Å². The maximum Gasteiger partial charge on any atom is 0.240 e. The zero-order valence-electron chi connectivity index (χ0n) is 11.8. The van der Waals surface area contributed by atoms with E-state index in [1.807, 2.05) is 19.1 Å². The van der Waals surface area contributed by atoms with Crippen LogP contribution in [0.5, 0.6) is 0 Å². The molecule has 0 bridgehead atoms. The van der Waals surface area contributed by atoms with Gasteiger partial charge in [-0.15, -0.1) is 0 Å². The topological polar surface area (TPSA) is 46.2 Å². The molecule has 1 saturated carbocycles. The van der Waals surface area contributed by atoms with E-state index in [1.54, 1.807) is 12.1 Å². The maximum atomic E-state index is 12.4. The summed E-state index contributed by atoms with van der Waals surface area (Å²) in [6.07, 6.45) is 5.98. The zero-order valence-corrected chi connectivity index (χ0v) is 14.2. The van der Waals surface area contributed by atoms with Gasteiger partial charge < -0.3 is 0 Å². The van der Waals surface area contributed by atoms with Crippen molar-refractivity contribution in [3.8, 4) is 0 Å². The Kier molecular flexibility index (Phi) is 5.64. The lowest BCUT2D eigenvalue weighted by Gasteiger charge is -2.28. The number of rotatable bonds is 5. The Morgan fingerprint density at radius 3 is 2.35 bits per heavy atom. The third-order valence-electron chi connectivity index (χ3n) is 4.09. The lowest BCUT2D eigenvalue weighted by Crippen LogP contribution is -2.38. The van der Waals surface area contributed by atoms with Gasteiger partial charge in [-0.25, -0.2) is 13.1 Å². The highest BCUT2D eigenvalue weighted by Crippen LogP contribution is 2.27. The molecule has 0 saturated heterocycles. The summed E-state index contributed by atoms with van der Waals surface area (Å²) in [4.78, 5) is 0.352. The van der Waals surface area contributed by atoms with E-state index >= 15 is 0 Å². The summed E-state index contributed by atoms with van der Waals surface area (Å²) < 4.78 is 27.6. The van der Waals surface area contributed by atoms with Crippen molar-refractivity contribution in [2.75, 3.05) is 0 Å². The molecule has 0 aromatic heterocycles. The van der Waals surface area contributed by atoms with Crippen LogP contribution in [-0.2, 0) is 15.4 Å². The normalized spacial score (nSPS) is 18.9. The molecule has 1 unspecified atom stereocenters. The van der Waals surface area contributed by atoms with E-state index in [9.17, 15) is 8.42 Å². The second-order valence-electron chi connectivity index (χ2n) is 5.59. The van der Waals surface area contributed by atoms with E-state index in [0.29, 0.717) is 10.8 Å². The molecule has 1 fully saturated rings. The summed E-state index contributed by atoms with van der Waals surface area (Å²) >= 11 is 3.36. The summed E-state index contributed by atoms with van der Waals surface area (Å²) in [7, 11) is -3.40. The van der Waals surface area contributed by atoms with Gasteiger partial charge >= 0.3 is 0 Å². The van der Waals surface area contributed by atoms with Crippen LogP contribution in [0, 0.1) is 5.92 Å². The Balaban J connectivity index is 2.05. The van der Waals surface area contributed by atoms with Crippen molar-refractivity contribution in [1.29, 1.82) is 0 Å². The van der Waals surface area contributed by atoms with Gasteiger partial charge in [0.15, 0.2) is 0 Å².